The zero-order valence-electron chi connectivity index (χ0n) is 14.2. The average molecular weight is 336 g/mol. The molecule has 128 valence electrons. The van der Waals surface area contributed by atoms with Crippen molar-refractivity contribution in [2.24, 2.45) is 5.92 Å². The highest BCUT2D eigenvalue weighted by atomic mass is 32.1. The van der Waals surface area contributed by atoms with Crippen molar-refractivity contribution in [3.63, 3.8) is 0 Å². The molecule has 2 aliphatic rings. The summed E-state index contributed by atoms with van der Waals surface area (Å²) >= 11 is 1.74. The number of thiophene rings is 1. The van der Waals surface area contributed by atoms with Crippen LogP contribution in [-0.2, 0) is 4.79 Å². The number of likely N-dealkylation sites (N-methyl/N-ethyl adjacent to an activating group) is 1. The maximum absolute atomic E-state index is 12.5. The number of carbonyl (C=O) groups excluding carboxylic acids is 1. The zero-order valence-corrected chi connectivity index (χ0v) is 15.0. The van der Waals surface area contributed by atoms with Crippen LogP contribution in [0, 0.1) is 5.92 Å². The molecule has 1 aliphatic heterocycles. The Morgan fingerprint density at radius 3 is 2.65 bits per heavy atom. The molecule has 3 rings (SSSR count). The molecular weight excluding hydrogens is 306 g/mol. The van der Waals surface area contributed by atoms with Crippen LogP contribution in [0.3, 0.4) is 0 Å². The van der Waals surface area contributed by atoms with Crippen LogP contribution in [0.5, 0.6) is 0 Å². The van der Waals surface area contributed by atoms with Gasteiger partial charge in [0.1, 0.15) is 0 Å². The molecule has 1 saturated carbocycles. The third-order valence-corrected chi connectivity index (χ3v) is 6.05. The Labute approximate surface area is 143 Å². The van der Waals surface area contributed by atoms with E-state index in [9.17, 15) is 4.79 Å². The van der Waals surface area contributed by atoms with E-state index in [-0.39, 0.29) is 11.8 Å². The van der Waals surface area contributed by atoms with Crippen LogP contribution in [0.15, 0.2) is 16.8 Å². The Kier molecular flexibility index (Phi) is 6.08. The molecule has 1 aromatic heterocycles. The summed E-state index contributed by atoms with van der Waals surface area (Å²) in [6, 6.07) is 2.53. The molecule has 2 fully saturated rings. The first-order valence-corrected chi connectivity index (χ1v) is 9.90. The van der Waals surface area contributed by atoms with Gasteiger partial charge in [0.15, 0.2) is 0 Å². The number of nitrogens with zero attached hydrogens (tertiary/aromatic N) is 2. The number of amides is 1. The number of hydrogen-bond donors (Lipinski definition) is 1. The SMILES string of the molecule is CN1CCN([C@@H](CNC(=O)C2CCCCC2)c2ccsc2)CC1. The highest BCUT2D eigenvalue weighted by Crippen LogP contribution is 2.26. The summed E-state index contributed by atoms with van der Waals surface area (Å²) in [5.74, 6) is 0.526. The highest BCUT2D eigenvalue weighted by molar-refractivity contribution is 7.07. The van der Waals surface area contributed by atoms with Crippen LogP contribution >= 0.6 is 11.3 Å². The monoisotopic (exact) mass is 335 g/mol. The minimum absolute atomic E-state index is 0.249. The second-order valence-electron chi connectivity index (χ2n) is 6.99. The molecule has 0 radical (unpaired) electrons. The van der Waals surface area contributed by atoms with Crippen LogP contribution in [0.25, 0.3) is 0 Å². The lowest BCUT2D eigenvalue weighted by molar-refractivity contribution is -0.126. The second-order valence-corrected chi connectivity index (χ2v) is 7.77. The molecule has 1 N–H and O–H groups in total. The van der Waals surface area contributed by atoms with E-state index in [0.29, 0.717) is 6.04 Å². The molecule has 0 bridgehead atoms. The number of piperazine rings is 1. The number of carbonyl (C=O) groups is 1. The van der Waals surface area contributed by atoms with E-state index < -0.39 is 0 Å². The minimum atomic E-state index is 0.249. The van der Waals surface area contributed by atoms with Crippen LogP contribution in [0.4, 0.5) is 0 Å². The summed E-state index contributed by atoms with van der Waals surface area (Å²) in [5.41, 5.74) is 1.35. The molecule has 0 aromatic carbocycles. The van der Waals surface area contributed by atoms with Crippen LogP contribution in [0.2, 0.25) is 0 Å². The molecule has 1 saturated heterocycles. The standard InChI is InChI=1S/C18H29N3OS/c1-20-8-10-21(11-9-20)17(16-7-12-23-14-16)13-19-18(22)15-5-3-2-4-6-15/h7,12,14-15,17H,2-6,8-11,13H2,1H3,(H,19,22)/t17-/m0/s1. The Balaban J connectivity index is 1.59. The highest BCUT2D eigenvalue weighted by Gasteiger charge is 2.26. The van der Waals surface area contributed by atoms with E-state index in [4.69, 9.17) is 0 Å². The third-order valence-electron chi connectivity index (χ3n) is 5.35. The first-order valence-electron chi connectivity index (χ1n) is 8.96. The Hall–Kier alpha value is -0.910. The fourth-order valence-corrected chi connectivity index (χ4v) is 4.47. The molecule has 0 unspecified atom stereocenters. The molecule has 23 heavy (non-hydrogen) atoms. The smallest absolute Gasteiger partial charge is 0.223 e. The molecule has 1 atom stereocenters. The molecule has 5 heteroatoms. The van der Waals surface area contributed by atoms with Crippen molar-refractivity contribution in [3.8, 4) is 0 Å². The van der Waals surface area contributed by atoms with E-state index in [1.165, 1.54) is 24.8 Å². The van der Waals surface area contributed by atoms with E-state index in [2.05, 4.69) is 39.0 Å². The first-order chi connectivity index (χ1) is 11.2. The number of hydrogen-bond acceptors (Lipinski definition) is 4. The van der Waals surface area contributed by atoms with Gasteiger partial charge in [-0.05, 0) is 42.3 Å². The van der Waals surface area contributed by atoms with E-state index in [1.807, 2.05) is 0 Å². The maximum Gasteiger partial charge on any atom is 0.223 e. The van der Waals surface area contributed by atoms with Crippen molar-refractivity contribution in [2.45, 2.75) is 38.1 Å². The van der Waals surface area contributed by atoms with Crippen molar-refractivity contribution < 1.29 is 4.79 Å². The van der Waals surface area contributed by atoms with Crippen LogP contribution in [0.1, 0.15) is 43.7 Å². The number of rotatable bonds is 5. The predicted octanol–water partition coefficient (Wildman–Crippen LogP) is 2.73. The predicted molar refractivity (Wildman–Crippen MR) is 95.7 cm³/mol. The van der Waals surface area contributed by atoms with Gasteiger partial charge in [-0.2, -0.15) is 11.3 Å². The molecule has 0 spiro atoms. The van der Waals surface area contributed by atoms with Crippen molar-refractivity contribution in [3.05, 3.63) is 22.4 Å². The fourth-order valence-electron chi connectivity index (χ4n) is 3.76. The van der Waals surface area contributed by atoms with Gasteiger partial charge in [-0.1, -0.05) is 19.3 Å². The normalized spacial score (nSPS) is 22.8. The summed E-state index contributed by atoms with van der Waals surface area (Å²) in [6.07, 6.45) is 5.87. The summed E-state index contributed by atoms with van der Waals surface area (Å²) < 4.78 is 0. The van der Waals surface area contributed by atoms with Crippen molar-refractivity contribution in [1.29, 1.82) is 0 Å². The Bertz CT molecular complexity index is 476. The van der Waals surface area contributed by atoms with Gasteiger partial charge in [-0.25, -0.2) is 0 Å². The van der Waals surface area contributed by atoms with Gasteiger partial charge in [0, 0.05) is 38.6 Å². The van der Waals surface area contributed by atoms with E-state index >= 15 is 0 Å². The molecule has 1 aromatic rings. The van der Waals surface area contributed by atoms with Gasteiger partial charge in [0.2, 0.25) is 5.91 Å². The number of nitrogens with one attached hydrogen (secondary N) is 1. The zero-order chi connectivity index (χ0) is 16.1. The summed E-state index contributed by atoms with van der Waals surface area (Å²) in [5, 5.41) is 7.63. The maximum atomic E-state index is 12.5. The average Bonchev–Trinajstić information content (AvgIpc) is 3.11. The third kappa shape index (κ3) is 4.55. The van der Waals surface area contributed by atoms with Gasteiger partial charge >= 0.3 is 0 Å². The lowest BCUT2D eigenvalue weighted by Crippen LogP contribution is -2.48. The largest absolute Gasteiger partial charge is 0.354 e. The van der Waals surface area contributed by atoms with Crippen molar-refractivity contribution >= 4 is 17.2 Å². The van der Waals surface area contributed by atoms with Crippen molar-refractivity contribution in [1.82, 2.24) is 15.1 Å². The lowest BCUT2D eigenvalue weighted by Gasteiger charge is -2.38. The molecular formula is C18H29N3OS. The fraction of sp³-hybridized carbons (Fsp3) is 0.722. The van der Waals surface area contributed by atoms with Gasteiger partial charge < -0.3 is 10.2 Å². The molecule has 1 amide bonds. The summed E-state index contributed by atoms with van der Waals surface area (Å²) in [4.78, 5) is 17.4. The minimum Gasteiger partial charge on any atom is -0.354 e. The summed E-state index contributed by atoms with van der Waals surface area (Å²) in [7, 11) is 2.18. The summed E-state index contributed by atoms with van der Waals surface area (Å²) in [6.45, 7) is 5.12. The topological polar surface area (TPSA) is 35.6 Å². The lowest BCUT2D eigenvalue weighted by atomic mass is 9.88. The van der Waals surface area contributed by atoms with Gasteiger partial charge in [0.05, 0.1) is 6.04 Å². The van der Waals surface area contributed by atoms with Crippen LogP contribution < -0.4 is 5.32 Å². The van der Waals surface area contributed by atoms with E-state index in [1.54, 1.807) is 11.3 Å². The Morgan fingerprint density at radius 1 is 1.26 bits per heavy atom. The van der Waals surface area contributed by atoms with Gasteiger partial charge in [0.25, 0.3) is 0 Å². The molecule has 1 aliphatic carbocycles. The van der Waals surface area contributed by atoms with Crippen LogP contribution in [-0.4, -0.2) is 55.5 Å². The molecule has 4 nitrogen and oxygen atoms in total. The Morgan fingerprint density at radius 2 is 2.00 bits per heavy atom. The van der Waals surface area contributed by atoms with Gasteiger partial charge in [-0.15, -0.1) is 0 Å². The van der Waals surface area contributed by atoms with Crippen molar-refractivity contribution in [2.75, 3.05) is 39.8 Å². The quantitative estimate of drug-likeness (QED) is 0.899. The van der Waals surface area contributed by atoms with Gasteiger partial charge in [-0.3, -0.25) is 9.69 Å². The van der Waals surface area contributed by atoms with E-state index in [0.717, 1.165) is 45.6 Å². The second kappa shape index (κ2) is 8.27. The first kappa shape index (κ1) is 16.9. The molecule has 2 heterocycles.